The lowest BCUT2D eigenvalue weighted by Crippen LogP contribution is -2.24. The van der Waals surface area contributed by atoms with Crippen LogP contribution in [0.15, 0.2) is 21.4 Å². The van der Waals surface area contributed by atoms with Crippen molar-refractivity contribution in [1.29, 1.82) is 0 Å². The van der Waals surface area contributed by atoms with Crippen LogP contribution >= 0.6 is 38.5 Å². The highest BCUT2D eigenvalue weighted by molar-refractivity contribution is 14.1. The standard InChI is InChI=1S/C11H15BrINO2/c12-10-9(5-8-16-10)11(15)14-7-4-2-1-3-6-13/h5,8H,1-4,6-7H2,(H,14,15). The van der Waals surface area contributed by atoms with Crippen LogP contribution in [0.4, 0.5) is 0 Å². The molecule has 0 unspecified atom stereocenters. The molecule has 0 saturated carbocycles. The summed E-state index contributed by atoms with van der Waals surface area (Å²) in [5.41, 5.74) is 0.562. The third-order valence-electron chi connectivity index (χ3n) is 2.21. The number of furan rings is 1. The van der Waals surface area contributed by atoms with Gasteiger partial charge in [-0.15, -0.1) is 0 Å². The molecule has 0 radical (unpaired) electrons. The first-order chi connectivity index (χ1) is 7.75. The molecule has 0 bridgehead atoms. The van der Waals surface area contributed by atoms with Crippen molar-refractivity contribution in [3.05, 3.63) is 22.6 Å². The van der Waals surface area contributed by atoms with Crippen molar-refractivity contribution in [2.45, 2.75) is 25.7 Å². The Labute approximate surface area is 118 Å². The molecule has 1 N–H and O–H groups in total. The quantitative estimate of drug-likeness (QED) is 0.430. The Balaban J connectivity index is 2.14. The Morgan fingerprint density at radius 1 is 1.38 bits per heavy atom. The van der Waals surface area contributed by atoms with Gasteiger partial charge in [0.25, 0.3) is 5.91 Å². The molecule has 0 atom stereocenters. The first kappa shape index (κ1) is 14.0. The zero-order valence-corrected chi connectivity index (χ0v) is 12.7. The van der Waals surface area contributed by atoms with Gasteiger partial charge in [-0.25, -0.2) is 0 Å². The van der Waals surface area contributed by atoms with Crippen LogP contribution in [0.1, 0.15) is 36.0 Å². The molecule has 0 aliphatic heterocycles. The molecule has 0 spiro atoms. The Morgan fingerprint density at radius 3 is 2.75 bits per heavy atom. The van der Waals surface area contributed by atoms with E-state index in [0.29, 0.717) is 10.2 Å². The van der Waals surface area contributed by atoms with Crippen LogP contribution in [0.3, 0.4) is 0 Å². The van der Waals surface area contributed by atoms with Gasteiger partial charge >= 0.3 is 0 Å². The van der Waals surface area contributed by atoms with Crippen LogP contribution in [0.2, 0.25) is 0 Å². The fraction of sp³-hybridized carbons (Fsp3) is 0.545. The van der Waals surface area contributed by atoms with E-state index in [9.17, 15) is 4.79 Å². The van der Waals surface area contributed by atoms with Crippen molar-refractivity contribution < 1.29 is 9.21 Å². The van der Waals surface area contributed by atoms with Gasteiger partial charge in [0, 0.05) is 6.54 Å². The van der Waals surface area contributed by atoms with Crippen molar-refractivity contribution in [1.82, 2.24) is 5.32 Å². The molecule has 0 saturated heterocycles. The number of hydrogen-bond donors (Lipinski definition) is 1. The summed E-state index contributed by atoms with van der Waals surface area (Å²) in [5.74, 6) is -0.0745. The topological polar surface area (TPSA) is 42.2 Å². The van der Waals surface area contributed by atoms with E-state index in [-0.39, 0.29) is 5.91 Å². The van der Waals surface area contributed by atoms with Crippen LogP contribution in [0.5, 0.6) is 0 Å². The summed E-state index contributed by atoms with van der Waals surface area (Å²) in [4.78, 5) is 11.6. The third-order valence-corrected chi connectivity index (χ3v) is 3.59. The van der Waals surface area contributed by atoms with Crippen LogP contribution in [0.25, 0.3) is 0 Å². The maximum absolute atomic E-state index is 11.6. The van der Waals surface area contributed by atoms with Gasteiger partial charge in [-0.2, -0.15) is 0 Å². The summed E-state index contributed by atoms with van der Waals surface area (Å²) >= 11 is 5.57. The number of carbonyl (C=O) groups is 1. The average molecular weight is 400 g/mol. The van der Waals surface area contributed by atoms with Crippen molar-refractivity contribution >= 4 is 44.4 Å². The van der Waals surface area contributed by atoms with Gasteiger partial charge in [-0.05, 0) is 39.3 Å². The third kappa shape index (κ3) is 4.86. The number of rotatable bonds is 7. The minimum absolute atomic E-state index is 0.0745. The molecule has 5 heteroatoms. The van der Waals surface area contributed by atoms with Gasteiger partial charge in [0.2, 0.25) is 0 Å². The Morgan fingerprint density at radius 2 is 2.12 bits per heavy atom. The Kier molecular flexibility index (Phi) is 7.11. The summed E-state index contributed by atoms with van der Waals surface area (Å²) < 4.78 is 6.71. The molecule has 0 fully saturated rings. The van der Waals surface area contributed by atoms with E-state index in [4.69, 9.17) is 4.42 Å². The fourth-order valence-electron chi connectivity index (χ4n) is 1.33. The minimum atomic E-state index is -0.0745. The summed E-state index contributed by atoms with van der Waals surface area (Å²) in [6.07, 6.45) is 6.23. The maximum atomic E-state index is 11.6. The van der Waals surface area contributed by atoms with E-state index >= 15 is 0 Å². The Hall–Kier alpha value is -0.0400. The molecule has 1 rings (SSSR count). The second-order valence-electron chi connectivity index (χ2n) is 3.47. The second kappa shape index (κ2) is 8.11. The minimum Gasteiger partial charge on any atom is -0.457 e. The maximum Gasteiger partial charge on any atom is 0.255 e. The summed E-state index contributed by atoms with van der Waals surface area (Å²) in [5, 5.41) is 2.87. The zero-order chi connectivity index (χ0) is 11.8. The second-order valence-corrected chi connectivity index (χ2v) is 5.27. The SMILES string of the molecule is O=C(NCCCCCCI)c1ccoc1Br. The highest BCUT2D eigenvalue weighted by atomic mass is 127. The first-order valence-electron chi connectivity index (χ1n) is 5.33. The zero-order valence-electron chi connectivity index (χ0n) is 8.97. The molecule has 0 aliphatic carbocycles. The van der Waals surface area contributed by atoms with Crippen LogP contribution in [-0.2, 0) is 0 Å². The summed E-state index contributed by atoms with van der Waals surface area (Å²) in [7, 11) is 0. The number of unbranched alkanes of at least 4 members (excludes halogenated alkanes) is 3. The molecule has 0 aliphatic rings. The van der Waals surface area contributed by atoms with Crippen molar-refractivity contribution in [3.63, 3.8) is 0 Å². The Bertz CT molecular complexity index is 328. The van der Waals surface area contributed by atoms with Gasteiger partial charge in [0.1, 0.15) is 0 Å². The predicted molar refractivity (Wildman–Crippen MR) is 76.1 cm³/mol. The van der Waals surface area contributed by atoms with Gasteiger partial charge in [0.15, 0.2) is 4.67 Å². The molecule has 1 aromatic heterocycles. The molecular formula is C11H15BrINO2. The molecule has 1 aromatic rings. The number of nitrogens with one attached hydrogen (secondary N) is 1. The van der Waals surface area contributed by atoms with E-state index in [1.165, 1.54) is 30.0 Å². The lowest BCUT2D eigenvalue weighted by atomic mass is 10.2. The van der Waals surface area contributed by atoms with Crippen molar-refractivity contribution in [3.8, 4) is 0 Å². The van der Waals surface area contributed by atoms with E-state index in [2.05, 4.69) is 43.8 Å². The van der Waals surface area contributed by atoms with Crippen LogP contribution in [-0.4, -0.2) is 16.9 Å². The van der Waals surface area contributed by atoms with Crippen molar-refractivity contribution in [2.24, 2.45) is 0 Å². The van der Waals surface area contributed by atoms with E-state index in [1.54, 1.807) is 6.07 Å². The largest absolute Gasteiger partial charge is 0.457 e. The lowest BCUT2D eigenvalue weighted by molar-refractivity contribution is 0.0951. The molecule has 0 aromatic carbocycles. The number of hydrogen-bond acceptors (Lipinski definition) is 2. The normalized spacial score (nSPS) is 10.4. The highest BCUT2D eigenvalue weighted by Crippen LogP contribution is 2.17. The molecule has 1 amide bonds. The van der Waals surface area contributed by atoms with Crippen LogP contribution in [0, 0.1) is 0 Å². The monoisotopic (exact) mass is 399 g/mol. The smallest absolute Gasteiger partial charge is 0.255 e. The van der Waals surface area contributed by atoms with Gasteiger partial charge in [-0.3, -0.25) is 4.79 Å². The highest BCUT2D eigenvalue weighted by Gasteiger charge is 2.11. The van der Waals surface area contributed by atoms with E-state index in [1.807, 2.05) is 0 Å². The molecule has 1 heterocycles. The molecule has 90 valence electrons. The number of carbonyl (C=O) groups excluding carboxylic acids is 1. The van der Waals surface area contributed by atoms with Gasteiger partial charge < -0.3 is 9.73 Å². The van der Waals surface area contributed by atoms with Gasteiger partial charge in [-0.1, -0.05) is 35.4 Å². The molecule has 16 heavy (non-hydrogen) atoms. The number of alkyl halides is 1. The summed E-state index contributed by atoms with van der Waals surface area (Å²) in [6.45, 7) is 0.734. The molecular weight excluding hydrogens is 385 g/mol. The predicted octanol–water partition coefficient (Wildman–Crippen LogP) is 3.77. The summed E-state index contributed by atoms with van der Waals surface area (Å²) in [6, 6.07) is 1.66. The number of halogens is 2. The lowest BCUT2D eigenvalue weighted by Gasteiger charge is -2.03. The van der Waals surface area contributed by atoms with E-state index < -0.39 is 0 Å². The van der Waals surface area contributed by atoms with Crippen LogP contribution < -0.4 is 5.32 Å². The first-order valence-corrected chi connectivity index (χ1v) is 7.64. The number of amides is 1. The van der Waals surface area contributed by atoms with Gasteiger partial charge in [0.05, 0.1) is 11.8 Å². The van der Waals surface area contributed by atoms with E-state index in [0.717, 1.165) is 13.0 Å². The van der Waals surface area contributed by atoms with Crippen molar-refractivity contribution in [2.75, 3.05) is 11.0 Å². The molecule has 3 nitrogen and oxygen atoms in total. The fourth-order valence-corrected chi connectivity index (χ4v) is 2.29. The average Bonchev–Trinajstić information content (AvgIpc) is 2.69.